The molecule has 0 atom stereocenters. The Morgan fingerprint density at radius 2 is 1.79 bits per heavy atom. The van der Waals surface area contributed by atoms with Crippen molar-refractivity contribution in [3.63, 3.8) is 0 Å². The molecule has 1 fully saturated rings. The van der Waals surface area contributed by atoms with Gasteiger partial charge in [-0.15, -0.1) is 0 Å². The third-order valence-electron chi connectivity index (χ3n) is 5.62. The number of piperidine rings is 1. The van der Waals surface area contributed by atoms with E-state index in [4.69, 9.17) is 4.42 Å². The predicted molar refractivity (Wildman–Crippen MR) is 120 cm³/mol. The Morgan fingerprint density at radius 3 is 2.52 bits per heavy atom. The van der Waals surface area contributed by atoms with E-state index in [1.807, 2.05) is 6.07 Å². The molecule has 0 bridgehead atoms. The second kappa shape index (κ2) is 10.1. The van der Waals surface area contributed by atoms with Gasteiger partial charge >= 0.3 is 0 Å². The van der Waals surface area contributed by atoms with E-state index in [1.54, 1.807) is 35.2 Å². The summed E-state index contributed by atoms with van der Waals surface area (Å²) in [5.74, 6) is -0.962. The number of amides is 3. The number of carbonyl (C=O) groups is 3. The Balaban J connectivity index is 1.27. The number of nitrogens with one attached hydrogen (secondary N) is 2. The van der Waals surface area contributed by atoms with Crippen LogP contribution in [0.25, 0.3) is 0 Å². The lowest BCUT2D eigenvalue weighted by molar-refractivity contribution is -0.126. The standard InChI is InChI=1S/C25H24FN3O4/c26-20-6-2-5-19(15-20)24(31)28-21-7-1-4-17(14-21)16-27-23(30)18-9-11-29(12-10-18)25(32)22-8-3-13-33-22/h1-8,13-15,18H,9-12,16H2,(H,27,30)(H,28,31). The van der Waals surface area contributed by atoms with Crippen LogP contribution in [0.1, 0.15) is 39.3 Å². The second-order valence-corrected chi connectivity index (χ2v) is 7.93. The monoisotopic (exact) mass is 449 g/mol. The van der Waals surface area contributed by atoms with Crippen molar-refractivity contribution < 1.29 is 23.2 Å². The molecule has 2 heterocycles. The molecule has 0 saturated carbocycles. The quantitative estimate of drug-likeness (QED) is 0.598. The number of anilines is 1. The van der Waals surface area contributed by atoms with E-state index in [0.29, 0.717) is 43.9 Å². The second-order valence-electron chi connectivity index (χ2n) is 7.93. The zero-order chi connectivity index (χ0) is 23.2. The Morgan fingerprint density at radius 1 is 1.00 bits per heavy atom. The molecule has 2 N–H and O–H groups in total. The van der Waals surface area contributed by atoms with Gasteiger partial charge in [-0.3, -0.25) is 14.4 Å². The molecule has 0 spiro atoms. The fourth-order valence-electron chi connectivity index (χ4n) is 3.83. The minimum absolute atomic E-state index is 0.0608. The first-order valence-corrected chi connectivity index (χ1v) is 10.8. The van der Waals surface area contributed by atoms with Crippen molar-refractivity contribution in [3.8, 4) is 0 Å². The van der Waals surface area contributed by atoms with Gasteiger partial charge in [0.15, 0.2) is 5.76 Å². The summed E-state index contributed by atoms with van der Waals surface area (Å²) in [4.78, 5) is 39.0. The Kier molecular flexibility index (Phi) is 6.83. The van der Waals surface area contributed by atoms with Crippen LogP contribution < -0.4 is 10.6 Å². The maximum Gasteiger partial charge on any atom is 0.289 e. The Bertz CT molecular complexity index is 1140. The summed E-state index contributed by atoms with van der Waals surface area (Å²) in [6.45, 7) is 1.31. The molecule has 1 saturated heterocycles. The van der Waals surface area contributed by atoms with Crippen LogP contribution in [0.15, 0.2) is 71.3 Å². The van der Waals surface area contributed by atoms with Crippen LogP contribution in [0.2, 0.25) is 0 Å². The number of likely N-dealkylation sites (tertiary alicyclic amines) is 1. The van der Waals surface area contributed by atoms with Crippen molar-refractivity contribution in [3.05, 3.63) is 89.6 Å². The van der Waals surface area contributed by atoms with Gasteiger partial charge in [0.25, 0.3) is 11.8 Å². The van der Waals surface area contributed by atoms with Crippen molar-refractivity contribution in [1.82, 2.24) is 10.2 Å². The lowest BCUT2D eigenvalue weighted by atomic mass is 9.95. The average Bonchev–Trinajstić information content (AvgIpc) is 3.37. The van der Waals surface area contributed by atoms with Gasteiger partial charge in [0, 0.05) is 36.8 Å². The highest BCUT2D eigenvalue weighted by Gasteiger charge is 2.28. The van der Waals surface area contributed by atoms with E-state index in [2.05, 4.69) is 10.6 Å². The van der Waals surface area contributed by atoms with Crippen molar-refractivity contribution in [2.45, 2.75) is 19.4 Å². The summed E-state index contributed by atoms with van der Waals surface area (Å²) in [6.07, 6.45) is 2.64. The van der Waals surface area contributed by atoms with Gasteiger partial charge < -0.3 is 20.0 Å². The molecule has 0 aliphatic carbocycles. The maximum atomic E-state index is 13.3. The fraction of sp³-hybridized carbons (Fsp3) is 0.240. The van der Waals surface area contributed by atoms with E-state index in [9.17, 15) is 18.8 Å². The lowest BCUT2D eigenvalue weighted by Crippen LogP contribution is -2.42. The van der Waals surface area contributed by atoms with Crippen LogP contribution in [-0.4, -0.2) is 35.7 Å². The van der Waals surface area contributed by atoms with Crippen LogP contribution in [0.4, 0.5) is 10.1 Å². The molecule has 4 rings (SSSR count). The highest BCUT2D eigenvalue weighted by atomic mass is 19.1. The van der Waals surface area contributed by atoms with Crippen LogP contribution in [0, 0.1) is 11.7 Å². The number of nitrogens with zero attached hydrogens (tertiary/aromatic N) is 1. The molecule has 170 valence electrons. The molecule has 1 aliphatic rings. The van der Waals surface area contributed by atoms with Gasteiger partial charge in [0.05, 0.1) is 6.26 Å². The van der Waals surface area contributed by atoms with Gasteiger partial charge in [-0.25, -0.2) is 4.39 Å². The molecule has 2 aromatic carbocycles. The highest BCUT2D eigenvalue weighted by Crippen LogP contribution is 2.20. The average molecular weight is 449 g/mol. The lowest BCUT2D eigenvalue weighted by Gasteiger charge is -2.30. The third kappa shape index (κ3) is 5.65. The molecule has 3 aromatic rings. The Hall–Kier alpha value is -3.94. The van der Waals surface area contributed by atoms with E-state index in [0.717, 1.165) is 5.56 Å². The molecule has 0 unspecified atom stereocenters. The molecular formula is C25H24FN3O4. The van der Waals surface area contributed by atoms with E-state index in [1.165, 1.54) is 30.5 Å². The first-order chi connectivity index (χ1) is 16.0. The molecule has 0 radical (unpaired) electrons. The van der Waals surface area contributed by atoms with E-state index < -0.39 is 11.7 Å². The van der Waals surface area contributed by atoms with Crippen LogP contribution in [0.5, 0.6) is 0 Å². The molecule has 1 aliphatic heterocycles. The summed E-state index contributed by atoms with van der Waals surface area (Å²) in [7, 11) is 0. The van der Waals surface area contributed by atoms with E-state index >= 15 is 0 Å². The van der Waals surface area contributed by atoms with Gasteiger partial charge in [-0.1, -0.05) is 18.2 Å². The van der Waals surface area contributed by atoms with Crippen molar-refractivity contribution >= 4 is 23.4 Å². The summed E-state index contributed by atoms with van der Waals surface area (Å²) in [5, 5.41) is 5.68. The number of carbonyl (C=O) groups excluding carboxylic acids is 3. The summed E-state index contributed by atoms with van der Waals surface area (Å²) in [5.41, 5.74) is 1.61. The topological polar surface area (TPSA) is 91.7 Å². The molecule has 1 aromatic heterocycles. The third-order valence-corrected chi connectivity index (χ3v) is 5.62. The zero-order valence-electron chi connectivity index (χ0n) is 17.9. The first-order valence-electron chi connectivity index (χ1n) is 10.8. The van der Waals surface area contributed by atoms with Gasteiger partial charge in [0.2, 0.25) is 5.91 Å². The fourth-order valence-corrected chi connectivity index (χ4v) is 3.83. The van der Waals surface area contributed by atoms with Crippen molar-refractivity contribution in [1.29, 1.82) is 0 Å². The number of halogens is 1. The number of hydrogen-bond acceptors (Lipinski definition) is 4. The van der Waals surface area contributed by atoms with Crippen LogP contribution in [-0.2, 0) is 11.3 Å². The van der Waals surface area contributed by atoms with Gasteiger partial charge in [-0.05, 0) is 60.9 Å². The summed E-state index contributed by atoms with van der Waals surface area (Å²) < 4.78 is 18.5. The number of rotatable bonds is 6. The summed E-state index contributed by atoms with van der Waals surface area (Å²) >= 11 is 0. The highest BCUT2D eigenvalue weighted by molar-refractivity contribution is 6.04. The number of hydrogen-bond donors (Lipinski definition) is 2. The maximum absolute atomic E-state index is 13.3. The Labute approximate surface area is 190 Å². The first kappa shape index (κ1) is 22.3. The van der Waals surface area contributed by atoms with Crippen molar-refractivity contribution in [2.24, 2.45) is 5.92 Å². The number of benzene rings is 2. The smallest absolute Gasteiger partial charge is 0.289 e. The normalized spacial score (nSPS) is 14.0. The molecule has 7 nitrogen and oxygen atoms in total. The minimum atomic E-state index is -0.477. The van der Waals surface area contributed by atoms with Crippen LogP contribution in [0.3, 0.4) is 0 Å². The SMILES string of the molecule is O=C(Nc1cccc(CNC(=O)C2CCN(C(=O)c3ccco3)CC2)c1)c1cccc(F)c1. The van der Waals surface area contributed by atoms with E-state index in [-0.39, 0.29) is 23.3 Å². The van der Waals surface area contributed by atoms with Crippen LogP contribution >= 0.6 is 0 Å². The van der Waals surface area contributed by atoms with Gasteiger partial charge in [0.1, 0.15) is 5.82 Å². The largest absolute Gasteiger partial charge is 0.459 e. The predicted octanol–water partition coefficient (Wildman–Crippen LogP) is 3.84. The van der Waals surface area contributed by atoms with Gasteiger partial charge in [-0.2, -0.15) is 0 Å². The number of furan rings is 1. The van der Waals surface area contributed by atoms with Crippen molar-refractivity contribution in [2.75, 3.05) is 18.4 Å². The molecule has 3 amide bonds. The molecular weight excluding hydrogens is 425 g/mol. The zero-order valence-corrected chi connectivity index (χ0v) is 17.9. The molecule has 33 heavy (non-hydrogen) atoms. The molecule has 8 heteroatoms. The summed E-state index contributed by atoms with van der Waals surface area (Å²) in [6, 6.07) is 15.9. The minimum Gasteiger partial charge on any atom is -0.459 e.